The third-order valence-electron chi connectivity index (χ3n) is 2.62. The zero-order valence-electron chi connectivity index (χ0n) is 12.5. The molecule has 2 nitrogen and oxygen atoms in total. The van der Waals surface area contributed by atoms with Gasteiger partial charge in [-0.3, -0.25) is 8.78 Å². The van der Waals surface area contributed by atoms with Crippen molar-refractivity contribution in [1.82, 2.24) is 0 Å². The van der Waals surface area contributed by atoms with Gasteiger partial charge in [0.15, 0.2) is 0 Å². The second kappa shape index (κ2) is 11.3. The van der Waals surface area contributed by atoms with Crippen LogP contribution in [0.2, 0.25) is 0 Å². The fourth-order valence-corrected chi connectivity index (χ4v) is 1.31. The molecule has 0 N–H and O–H groups in total. The molecule has 1 aliphatic rings. The van der Waals surface area contributed by atoms with E-state index in [1.54, 1.807) is 0 Å². The molecule has 102 valence electrons. The van der Waals surface area contributed by atoms with E-state index in [1.165, 1.54) is 35.1 Å². The van der Waals surface area contributed by atoms with Crippen LogP contribution >= 0.6 is 0 Å². The average molecular weight is 242 g/mol. The minimum absolute atomic E-state index is 0.500. The molecule has 0 aromatic carbocycles. The van der Waals surface area contributed by atoms with Gasteiger partial charge in [-0.1, -0.05) is 13.8 Å². The van der Waals surface area contributed by atoms with Crippen LogP contribution in [0.1, 0.15) is 13.8 Å². The fraction of sp³-hybridized carbons (Fsp3) is 1.00. The molecular weight excluding hydrogens is 210 g/mol. The Hall–Kier alpha value is -0.220. The lowest BCUT2D eigenvalue weighted by Crippen LogP contribution is -2.60. The summed E-state index contributed by atoms with van der Waals surface area (Å²) in [5.74, 6) is 0. The number of hydrogen-bond donors (Lipinski definition) is 0. The van der Waals surface area contributed by atoms with Gasteiger partial charge in [0.25, 0.3) is 0 Å². The minimum atomic E-state index is 0.500. The molecule has 0 unspecified atom stereocenters. The van der Waals surface area contributed by atoms with E-state index < -0.39 is 0 Å². The largest absolute Gasteiger partial charge is 0.319 e. The first-order valence-electron chi connectivity index (χ1n) is 5.81. The van der Waals surface area contributed by atoms with Crippen LogP contribution in [-0.4, -0.2) is 77.7 Å². The van der Waals surface area contributed by atoms with E-state index in [0.717, 1.165) is 0 Å². The molecule has 0 atom stereocenters. The molecule has 16 heavy (non-hydrogen) atoms. The zero-order valence-corrected chi connectivity index (χ0v) is 12.5. The Morgan fingerprint density at radius 3 is 0.812 bits per heavy atom. The Labute approximate surface area is 101 Å². The van der Waals surface area contributed by atoms with Crippen molar-refractivity contribution < 1.29 is 17.7 Å². The molecule has 0 saturated carbocycles. The highest BCUT2D eigenvalue weighted by Crippen LogP contribution is 2.09. The molecule has 0 aromatic rings. The first-order chi connectivity index (χ1) is 7.41. The highest BCUT2D eigenvalue weighted by Gasteiger charge is 2.30. The Kier molecular flexibility index (Phi) is 14.9. The van der Waals surface area contributed by atoms with Gasteiger partial charge in [0.05, 0.1) is 42.5 Å². The average Bonchev–Trinajstić information content (AvgIpc) is 2.32. The molecule has 4 heteroatoms. The molecule has 0 spiro atoms. The Morgan fingerprint density at radius 1 is 0.562 bits per heavy atom. The van der Waals surface area contributed by atoms with Gasteiger partial charge in [0.2, 0.25) is 0 Å². The topological polar surface area (TPSA) is 0 Å². The van der Waals surface area contributed by atoms with Gasteiger partial charge in [0, 0.05) is 0 Å². The summed E-state index contributed by atoms with van der Waals surface area (Å²) in [7, 11) is 10.3. The summed E-state index contributed by atoms with van der Waals surface area (Å²) >= 11 is 0. The van der Waals surface area contributed by atoms with Crippen molar-refractivity contribution in [2.45, 2.75) is 13.8 Å². The van der Waals surface area contributed by atoms with Crippen molar-refractivity contribution in [3.8, 4) is 0 Å². The molecule has 0 aliphatic carbocycles. The number of quaternary nitrogens is 2. The van der Waals surface area contributed by atoms with Crippen LogP contribution < -0.4 is 0 Å². The maximum absolute atomic E-state index is 9.50. The second-order valence-electron chi connectivity index (χ2n) is 4.77. The standard InChI is InChI=1S/C8H20N2.C2H6.2CH3F/c1-9(2)5-7-10(3,4)8-6-9;3*1-2/h5-8H2,1-4H3;1-2H3;2*1H3/q+2;;;. The van der Waals surface area contributed by atoms with Crippen LogP contribution in [0.5, 0.6) is 0 Å². The van der Waals surface area contributed by atoms with E-state index in [1.807, 2.05) is 13.8 Å². The molecule has 1 rings (SSSR count). The highest BCUT2D eigenvalue weighted by atomic mass is 19.1. The zero-order chi connectivity index (χ0) is 13.8. The third-order valence-corrected chi connectivity index (χ3v) is 2.62. The number of rotatable bonds is 0. The number of nitrogens with zero attached hydrogens (tertiary/aromatic N) is 2. The normalized spacial score (nSPS) is 19.9. The number of piperazine rings is 1. The first kappa shape index (κ1) is 21.1. The summed E-state index contributed by atoms with van der Waals surface area (Å²) in [6.07, 6.45) is 0. The molecule has 0 bridgehead atoms. The first-order valence-corrected chi connectivity index (χ1v) is 5.81. The second-order valence-corrected chi connectivity index (χ2v) is 4.77. The van der Waals surface area contributed by atoms with Crippen LogP contribution in [0, 0.1) is 0 Å². The lowest BCUT2D eigenvalue weighted by Gasteiger charge is -2.42. The minimum Gasteiger partial charge on any atom is -0.319 e. The maximum atomic E-state index is 9.50. The lowest BCUT2D eigenvalue weighted by atomic mass is 10.2. The van der Waals surface area contributed by atoms with Crippen LogP contribution in [0.3, 0.4) is 0 Å². The number of likely N-dealkylation sites (N-methyl/N-ethyl adjacent to an activating group) is 2. The molecule has 1 saturated heterocycles. The molecule has 0 radical (unpaired) electrons. The van der Waals surface area contributed by atoms with E-state index in [9.17, 15) is 8.78 Å². The summed E-state index contributed by atoms with van der Waals surface area (Å²) in [5.41, 5.74) is 0. The van der Waals surface area contributed by atoms with Crippen molar-refractivity contribution in [2.75, 3.05) is 68.7 Å². The van der Waals surface area contributed by atoms with Crippen LogP contribution in [0.4, 0.5) is 8.78 Å². The Morgan fingerprint density at radius 2 is 0.688 bits per heavy atom. The Bertz CT molecular complexity index is 109. The quantitative estimate of drug-likeness (QED) is 0.572. The summed E-state index contributed by atoms with van der Waals surface area (Å²) < 4.78 is 21.4. The molecular formula is C12H32F2N2+2. The molecule has 1 heterocycles. The molecule has 0 amide bonds. The van der Waals surface area contributed by atoms with E-state index in [2.05, 4.69) is 28.2 Å². The van der Waals surface area contributed by atoms with Crippen molar-refractivity contribution in [2.24, 2.45) is 0 Å². The smallest absolute Gasteiger partial charge is 0.128 e. The van der Waals surface area contributed by atoms with Crippen molar-refractivity contribution in [3.63, 3.8) is 0 Å². The maximum Gasteiger partial charge on any atom is 0.128 e. The van der Waals surface area contributed by atoms with Gasteiger partial charge < -0.3 is 8.97 Å². The predicted octanol–water partition coefficient (Wildman–Crippen LogP) is 2.35. The van der Waals surface area contributed by atoms with Gasteiger partial charge in [0.1, 0.15) is 26.2 Å². The number of halogens is 2. The van der Waals surface area contributed by atoms with Crippen LogP contribution in [-0.2, 0) is 0 Å². The van der Waals surface area contributed by atoms with Crippen molar-refractivity contribution in [1.29, 1.82) is 0 Å². The van der Waals surface area contributed by atoms with Gasteiger partial charge in [-0.15, -0.1) is 0 Å². The monoisotopic (exact) mass is 242 g/mol. The van der Waals surface area contributed by atoms with Gasteiger partial charge >= 0.3 is 0 Å². The van der Waals surface area contributed by atoms with E-state index in [-0.39, 0.29) is 0 Å². The van der Waals surface area contributed by atoms with Gasteiger partial charge in [-0.2, -0.15) is 0 Å². The fourth-order valence-electron chi connectivity index (χ4n) is 1.31. The number of alkyl halides is 2. The molecule has 1 aliphatic heterocycles. The van der Waals surface area contributed by atoms with E-state index >= 15 is 0 Å². The summed E-state index contributed by atoms with van der Waals surface area (Å²) in [5, 5.41) is 0. The lowest BCUT2D eigenvalue weighted by molar-refractivity contribution is -0.998. The summed E-state index contributed by atoms with van der Waals surface area (Å²) in [6, 6.07) is 0. The SMILES string of the molecule is CC.CF.CF.C[N+]1(C)CC[N+](C)(C)CC1. The van der Waals surface area contributed by atoms with Crippen molar-refractivity contribution >= 4 is 0 Å². The molecule has 1 fully saturated rings. The Balaban J connectivity index is -0.000000245. The van der Waals surface area contributed by atoms with E-state index in [4.69, 9.17) is 0 Å². The number of hydrogen-bond acceptors (Lipinski definition) is 0. The van der Waals surface area contributed by atoms with Crippen LogP contribution in [0.25, 0.3) is 0 Å². The summed E-state index contributed by atoms with van der Waals surface area (Å²) in [4.78, 5) is 0. The van der Waals surface area contributed by atoms with E-state index in [0.29, 0.717) is 14.4 Å². The van der Waals surface area contributed by atoms with Gasteiger partial charge in [-0.05, 0) is 0 Å². The highest BCUT2D eigenvalue weighted by molar-refractivity contribution is 4.43. The van der Waals surface area contributed by atoms with Gasteiger partial charge in [-0.25, -0.2) is 0 Å². The van der Waals surface area contributed by atoms with Crippen LogP contribution in [0.15, 0.2) is 0 Å². The molecule has 0 aromatic heterocycles. The summed E-state index contributed by atoms with van der Waals surface area (Å²) in [6.45, 7) is 9.31. The third kappa shape index (κ3) is 11.9. The van der Waals surface area contributed by atoms with Crippen molar-refractivity contribution in [3.05, 3.63) is 0 Å². The predicted molar refractivity (Wildman–Crippen MR) is 69.1 cm³/mol.